The molecule has 2 bridgehead atoms. The standard InChI is InChI=1S/C12H24N2O/c1-3-13-10-8-11-4-5-12(9-10)14(11)6-7-15-2/h10-13H,3-9H2,1-2H3. The van der Waals surface area contributed by atoms with Gasteiger partial charge < -0.3 is 10.1 Å². The first-order chi connectivity index (χ1) is 7.35. The van der Waals surface area contributed by atoms with Crippen LogP contribution >= 0.6 is 0 Å². The molecule has 3 heteroatoms. The normalized spacial score (nSPS) is 36.0. The Morgan fingerprint density at radius 3 is 2.47 bits per heavy atom. The van der Waals surface area contributed by atoms with E-state index in [1.165, 1.54) is 25.7 Å². The molecule has 2 atom stereocenters. The second kappa shape index (κ2) is 5.28. The van der Waals surface area contributed by atoms with E-state index in [1.54, 1.807) is 7.11 Å². The minimum Gasteiger partial charge on any atom is -0.383 e. The highest BCUT2D eigenvalue weighted by Crippen LogP contribution is 2.35. The third-order valence-corrected chi connectivity index (χ3v) is 3.93. The summed E-state index contributed by atoms with van der Waals surface area (Å²) in [5, 5.41) is 3.60. The Hall–Kier alpha value is -0.120. The van der Waals surface area contributed by atoms with Crippen molar-refractivity contribution in [1.82, 2.24) is 10.2 Å². The van der Waals surface area contributed by atoms with Crippen LogP contribution in [-0.2, 0) is 4.74 Å². The predicted octanol–water partition coefficient (Wildman–Crippen LogP) is 1.24. The van der Waals surface area contributed by atoms with E-state index in [2.05, 4.69) is 17.1 Å². The van der Waals surface area contributed by atoms with E-state index < -0.39 is 0 Å². The first-order valence-corrected chi connectivity index (χ1v) is 6.33. The van der Waals surface area contributed by atoms with E-state index in [0.717, 1.165) is 37.8 Å². The molecule has 0 radical (unpaired) electrons. The van der Waals surface area contributed by atoms with Crippen LogP contribution in [0.25, 0.3) is 0 Å². The molecule has 0 saturated carbocycles. The van der Waals surface area contributed by atoms with Crippen molar-refractivity contribution in [3.05, 3.63) is 0 Å². The van der Waals surface area contributed by atoms with E-state index in [1.807, 2.05) is 0 Å². The van der Waals surface area contributed by atoms with Gasteiger partial charge in [0.2, 0.25) is 0 Å². The molecule has 0 aliphatic carbocycles. The number of nitrogens with one attached hydrogen (secondary N) is 1. The number of methoxy groups -OCH3 is 1. The van der Waals surface area contributed by atoms with Gasteiger partial charge >= 0.3 is 0 Å². The first-order valence-electron chi connectivity index (χ1n) is 6.33. The summed E-state index contributed by atoms with van der Waals surface area (Å²) in [7, 11) is 1.80. The number of nitrogens with zero attached hydrogens (tertiary/aromatic N) is 1. The van der Waals surface area contributed by atoms with Gasteiger partial charge in [-0.15, -0.1) is 0 Å². The van der Waals surface area contributed by atoms with Gasteiger partial charge in [0.05, 0.1) is 6.61 Å². The Labute approximate surface area is 93.2 Å². The summed E-state index contributed by atoms with van der Waals surface area (Å²) in [6.45, 7) is 5.34. The van der Waals surface area contributed by atoms with Crippen LogP contribution < -0.4 is 5.32 Å². The molecule has 2 fully saturated rings. The van der Waals surface area contributed by atoms with Gasteiger partial charge in [-0.05, 0) is 32.2 Å². The summed E-state index contributed by atoms with van der Waals surface area (Å²) in [5.74, 6) is 0. The summed E-state index contributed by atoms with van der Waals surface area (Å²) in [6, 6.07) is 2.41. The molecule has 0 aromatic heterocycles. The zero-order valence-corrected chi connectivity index (χ0v) is 10.0. The van der Waals surface area contributed by atoms with E-state index >= 15 is 0 Å². The third-order valence-electron chi connectivity index (χ3n) is 3.93. The van der Waals surface area contributed by atoms with Crippen LogP contribution in [0, 0.1) is 0 Å². The SMILES string of the molecule is CCNC1CC2CCC(C1)N2CCOC. The summed E-state index contributed by atoms with van der Waals surface area (Å²) in [4.78, 5) is 2.68. The third kappa shape index (κ3) is 2.52. The molecule has 0 aromatic rings. The lowest BCUT2D eigenvalue weighted by Crippen LogP contribution is -2.49. The van der Waals surface area contributed by atoms with Crippen molar-refractivity contribution in [1.29, 1.82) is 0 Å². The minimum absolute atomic E-state index is 0.770. The van der Waals surface area contributed by atoms with E-state index in [9.17, 15) is 0 Å². The molecule has 2 aliphatic rings. The molecule has 2 rings (SSSR count). The second-order valence-corrected chi connectivity index (χ2v) is 4.84. The molecule has 2 unspecified atom stereocenters. The summed E-state index contributed by atoms with van der Waals surface area (Å²) in [6.07, 6.45) is 5.48. The molecule has 2 saturated heterocycles. The second-order valence-electron chi connectivity index (χ2n) is 4.84. The average molecular weight is 212 g/mol. The molecule has 0 amide bonds. The number of hydrogen-bond donors (Lipinski definition) is 1. The Kier molecular flexibility index (Phi) is 4.00. The quantitative estimate of drug-likeness (QED) is 0.742. The Balaban J connectivity index is 1.86. The van der Waals surface area contributed by atoms with Crippen LogP contribution in [0.4, 0.5) is 0 Å². The van der Waals surface area contributed by atoms with Crippen LogP contribution in [0.3, 0.4) is 0 Å². The van der Waals surface area contributed by atoms with Crippen molar-refractivity contribution in [2.45, 2.75) is 50.7 Å². The highest BCUT2D eigenvalue weighted by molar-refractivity contribution is 4.97. The predicted molar refractivity (Wildman–Crippen MR) is 62.1 cm³/mol. The molecule has 0 spiro atoms. The minimum atomic E-state index is 0.770. The molecule has 88 valence electrons. The molecule has 2 heterocycles. The van der Waals surface area contributed by atoms with Crippen molar-refractivity contribution in [3.8, 4) is 0 Å². The molecular formula is C12H24N2O. The molecule has 3 nitrogen and oxygen atoms in total. The fourth-order valence-electron chi connectivity index (χ4n) is 3.29. The van der Waals surface area contributed by atoms with Crippen LogP contribution in [0.15, 0.2) is 0 Å². The highest BCUT2D eigenvalue weighted by atomic mass is 16.5. The maximum absolute atomic E-state index is 5.19. The van der Waals surface area contributed by atoms with E-state index in [-0.39, 0.29) is 0 Å². The van der Waals surface area contributed by atoms with Crippen molar-refractivity contribution in [2.24, 2.45) is 0 Å². The van der Waals surface area contributed by atoms with Crippen LogP contribution in [0.1, 0.15) is 32.6 Å². The van der Waals surface area contributed by atoms with Gasteiger partial charge in [0.1, 0.15) is 0 Å². The Morgan fingerprint density at radius 1 is 1.27 bits per heavy atom. The van der Waals surface area contributed by atoms with Crippen LogP contribution in [0.2, 0.25) is 0 Å². The van der Waals surface area contributed by atoms with Crippen LogP contribution in [0.5, 0.6) is 0 Å². The number of rotatable bonds is 5. The van der Waals surface area contributed by atoms with E-state index in [0.29, 0.717) is 0 Å². The van der Waals surface area contributed by atoms with Gasteiger partial charge in [-0.25, -0.2) is 0 Å². The van der Waals surface area contributed by atoms with Crippen molar-refractivity contribution < 1.29 is 4.74 Å². The topological polar surface area (TPSA) is 24.5 Å². The molecule has 1 N–H and O–H groups in total. The fourth-order valence-corrected chi connectivity index (χ4v) is 3.29. The van der Waals surface area contributed by atoms with Crippen molar-refractivity contribution in [3.63, 3.8) is 0 Å². The van der Waals surface area contributed by atoms with Crippen molar-refractivity contribution >= 4 is 0 Å². The number of hydrogen-bond acceptors (Lipinski definition) is 3. The lowest BCUT2D eigenvalue weighted by Gasteiger charge is -2.39. The Bertz CT molecular complexity index is 184. The zero-order valence-electron chi connectivity index (χ0n) is 10.0. The number of fused-ring (bicyclic) bond motifs is 2. The van der Waals surface area contributed by atoms with Crippen molar-refractivity contribution in [2.75, 3.05) is 26.8 Å². The summed E-state index contributed by atoms with van der Waals surface area (Å²) >= 11 is 0. The van der Waals surface area contributed by atoms with Crippen LogP contribution in [-0.4, -0.2) is 49.8 Å². The zero-order chi connectivity index (χ0) is 10.7. The molecule has 15 heavy (non-hydrogen) atoms. The maximum atomic E-state index is 5.19. The Morgan fingerprint density at radius 2 is 1.93 bits per heavy atom. The van der Waals surface area contributed by atoms with Gasteiger partial charge in [0, 0.05) is 31.8 Å². The van der Waals surface area contributed by atoms with Gasteiger partial charge in [0.25, 0.3) is 0 Å². The number of ether oxygens (including phenoxy) is 1. The van der Waals surface area contributed by atoms with E-state index in [4.69, 9.17) is 4.74 Å². The molecule has 0 aromatic carbocycles. The maximum Gasteiger partial charge on any atom is 0.0589 e. The van der Waals surface area contributed by atoms with Gasteiger partial charge in [-0.3, -0.25) is 4.90 Å². The fraction of sp³-hybridized carbons (Fsp3) is 1.00. The van der Waals surface area contributed by atoms with Gasteiger partial charge in [0.15, 0.2) is 0 Å². The lowest BCUT2D eigenvalue weighted by molar-refractivity contribution is 0.0781. The summed E-state index contributed by atoms with van der Waals surface area (Å²) < 4.78 is 5.19. The lowest BCUT2D eigenvalue weighted by atomic mass is 9.97. The van der Waals surface area contributed by atoms with Gasteiger partial charge in [-0.1, -0.05) is 6.92 Å². The van der Waals surface area contributed by atoms with Gasteiger partial charge in [-0.2, -0.15) is 0 Å². The smallest absolute Gasteiger partial charge is 0.0589 e. The summed E-state index contributed by atoms with van der Waals surface area (Å²) in [5.41, 5.74) is 0. The first kappa shape index (κ1) is 11.4. The molecular weight excluding hydrogens is 188 g/mol. The molecule has 2 aliphatic heterocycles. The monoisotopic (exact) mass is 212 g/mol. The average Bonchev–Trinajstić information content (AvgIpc) is 2.48. The number of piperidine rings is 1. The highest BCUT2D eigenvalue weighted by Gasteiger charge is 2.39. The largest absolute Gasteiger partial charge is 0.383 e.